The highest BCUT2D eigenvalue weighted by Gasteiger charge is 2.13. The molecule has 1 aromatic carbocycles. The van der Waals surface area contributed by atoms with Crippen LogP contribution in [0.2, 0.25) is 0 Å². The number of hydrogen-bond acceptors (Lipinski definition) is 2. The molecule has 0 spiro atoms. The van der Waals surface area contributed by atoms with E-state index in [9.17, 15) is 9.18 Å². The molecule has 0 radical (unpaired) electrons. The quantitative estimate of drug-likeness (QED) is 0.762. The van der Waals surface area contributed by atoms with Crippen LogP contribution in [-0.2, 0) is 11.2 Å². The van der Waals surface area contributed by atoms with Gasteiger partial charge in [0.1, 0.15) is 11.9 Å². The van der Waals surface area contributed by atoms with E-state index in [2.05, 4.69) is 0 Å². The molecule has 76 valence electrons. The van der Waals surface area contributed by atoms with Crippen LogP contribution in [0.1, 0.15) is 11.1 Å². The minimum atomic E-state index is -1.08. The van der Waals surface area contributed by atoms with Gasteiger partial charge in [-0.25, -0.2) is 4.39 Å². The molecule has 0 aliphatic carbocycles. The maximum absolute atomic E-state index is 12.8. The molecule has 0 saturated heterocycles. The molecule has 0 bridgehead atoms. The summed E-state index contributed by atoms with van der Waals surface area (Å²) in [6.45, 7) is 1.79. The number of aryl methyl sites for hydroxylation is 1. The molecule has 0 amide bonds. The molecule has 14 heavy (non-hydrogen) atoms. The molecular formula is C10H12FNO2. The Balaban J connectivity index is 2.85. The van der Waals surface area contributed by atoms with Crippen molar-refractivity contribution in [2.24, 2.45) is 5.73 Å². The van der Waals surface area contributed by atoms with Crippen molar-refractivity contribution in [1.29, 1.82) is 0 Å². The van der Waals surface area contributed by atoms with Crippen LogP contribution in [0.4, 0.5) is 4.39 Å². The number of carboxylic acids is 1. The van der Waals surface area contributed by atoms with E-state index in [1.54, 1.807) is 13.0 Å². The topological polar surface area (TPSA) is 63.3 Å². The number of rotatable bonds is 3. The second kappa shape index (κ2) is 4.19. The van der Waals surface area contributed by atoms with Gasteiger partial charge in [0, 0.05) is 0 Å². The molecule has 1 unspecified atom stereocenters. The number of halogens is 1. The van der Waals surface area contributed by atoms with Gasteiger partial charge in [-0.3, -0.25) is 4.79 Å². The lowest BCUT2D eigenvalue weighted by molar-refractivity contribution is -0.138. The van der Waals surface area contributed by atoms with Crippen molar-refractivity contribution in [3.8, 4) is 0 Å². The van der Waals surface area contributed by atoms with Crippen LogP contribution in [0.15, 0.2) is 18.2 Å². The van der Waals surface area contributed by atoms with Crippen molar-refractivity contribution in [2.75, 3.05) is 0 Å². The third kappa shape index (κ3) is 2.53. The molecule has 1 rings (SSSR count). The molecular weight excluding hydrogens is 185 g/mol. The number of nitrogens with two attached hydrogens (primary N) is 1. The first-order valence-electron chi connectivity index (χ1n) is 4.24. The fourth-order valence-corrected chi connectivity index (χ4v) is 1.18. The average Bonchev–Trinajstić information content (AvgIpc) is 2.11. The lowest BCUT2D eigenvalue weighted by atomic mass is 10.0. The lowest BCUT2D eigenvalue weighted by Gasteiger charge is -2.09. The summed E-state index contributed by atoms with van der Waals surface area (Å²) in [4.78, 5) is 10.5. The fraction of sp³-hybridized carbons (Fsp3) is 0.300. The Morgan fingerprint density at radius 1 is 1.64 bits per heavy atom. The first-order valence-corrected chi connectivity index (χ1v) is 4.24. The zero-order valence-electron chi connectivity index (χ0n) is 7.83. The standard InChI is InChI=1S/C10H12FNO2/c1-6-2-3-8(11)4-7(6)5-9(12)10(13)14/h2-4,9H,5,12H2,1H3,(H,13,14). The third-order valence-electron chi connectivity index (χ3n) is 2.07. The fourth-order valence-electron chi connectivity index (χ4n) is 1.18. The Morgan fingerprint density at radius 2 is 2.29 bits per heavy atom. The SMILES string of the molecule is Cc1ccc(F)cc1CC(N)C(=O)O. The summed E-state index contributed by atoms with van der Waals surface area (Å²) in [6.07, 6.45) is 0.152. The van der Waals surface area contributed by atoms with Gasteiger partial charge < -0.3 is 10.8 Å². The van der Waals surface area contributed by atoms with Crippen LogP contribution < -0.4 is 5.73 Å². The molecule has 0 aliphatic rings. The third-order valence-corrected chi connectivity index (χ3v) is 2.07. The maximum Gasteiger partial charge on any atom is 0.320 e. The molecule has 1 aromatic rings. The van der Waals surface area contributed by atoms with E-state index < -0.39 is 12.0 Å². The van der Waals surface area contributed by atoms with Gasteiger partial charge in [0.15, 0.2) is 0 Å². The molecule has 0 fully saturated rings. The molecule has 0 aliphatic heterocycles. The Labute approximate surface area is 81.4 Å². The molecule has 1 atom stereocenters. The number of benzene rings is 1. The van der Waals surface area contributed by atoms with Crippen LogP contribution >= 0.6 is 0 Å². The Morgan fingerprint density at radius 3 is 2.86 bits per heavy atom. The van der Waals surface area contributed by atoms with Crippen molar-refractivity contribution in [3.05, 3.63) is 35.1 Å². The lowest BCUT2D eigenvalue weighted by Crippen LogP contribution is -2.32. The van der Waals surface area contributed by atoms with Gasteiger partial charge in [-0.15, -0.1) is 0 Å². The summed E-state index contributed by atoms with van der Waals surface area (Å²) < 4.78 is 12.8. The van der Waals surface area contributed by atoms with Gasteiger partial charge in [-0.1, -0.05) is 6.07 Å². The van der Waals surface area contributed by atoms with E-state index in [-0.39, 0.29) is 12.2 Å². The van der Waals surface area contributed by atoms with Crippen LogP contribution in [0.5, 0.6) is 0 Å². The van der Waals surface area contributed by atoms with Crippen LogP contribution in [0, 0.1) is 12.7 Å². The van der Waals surface area contributed by atoms with E-state index in [1.807, 2.05) is 0 Å². The molecule has 4 heteroatoms. The summed E-state index contributed by atoms with van der Waals surface area (Å²) in [5, 5.41) is 8.58. The minimum Gasteiger partial charge on any atom is -0.480 e. The van der Waals surface area contributed by atoms with Gasteiger partial charge in [0.2, 0.25) is 0 Å². The second-order valence-corrected chi connectivity index (χ2v) is 3.22. The average molecular weight is 197 g/mol. The summed E-state index contributed by atoms with van der Waals surface area (Å²) in [7, 11) is 0. The summed E-state index contributed by atoms with van der Waals surface area (Å²) in [5.41, 5.74) is 6.83. The highest BCUT2D eigenvalue weighted by molar-refractivity contribution is 5.73. The minimum absolute atomic E-state index is 0.152. The van der Waals surface area contributed by atoms with Crippen molar-refractivity contribution < 1.29 is 14.3 Å². The molecule has 3 N–H and O–H groups in total. The Bertz CT molecular complexity index is 352. The second-order valence-electron chi connectivity index (χ2n) is 3.22. The van der Waals surface area contributed by atoms with E-state index in [4.69, 9.17) is 10.8 Å². The first kappa shape index (κ1) is 10.7. The predicted octanol–water partition coefficient (Wildman–Crippen LogP) is 1.09. The maximum atomic E-state index is 12.8. The Hall–Kier alpha value is -1.42. The highest BCUT2D eigenvalue weighted by Crippen LogP contribution is 2.11. The molecule has 0 heterocycles. The first-order chi connectivity index (χ1) is 6.50. The van der Waals surface area contributed by atoms with Crippen molar-refractivity contribution in [2.45, 2.75) is 19.4 Å². The number of hydrogen-bond donors (Lipinski definition) is 2. The van der Waals surface area contributed by atoms with E-state index in [1.165, 1.54) is 12.1 Å². The van der Waals surface area contributed by atoms with Gasteiger partial charge in [0.25, 0.3) is 0 Å². The van der Waals surface area contributed by atoms with Crippen LogP contribution in [-0.4, -0.2) is 17.1 Å². The monoisotopic (exact) mass is 197 g/mol. The van der Waals surface area contributed by atoms with Gasteiger partial charge >= 0.3 is 5.97 Å². The smallest absolute Gasteiger partial charge is 0.320 e. The van der Waals surface area contributed by atoms with E-state index >= 15 is 0 Å². The summed E-state index contributed by atoms with van der Waals surface area (Å²) in [5.74, 6) is -1.45. The zero-order valence-corrected chi connectivity index (χ0v) is 7.83. The normalized spacial score (nSPS) is 12.5. The largest absolute Gasteiger partial charge is 0.480 e. The Kier molecular flexibility index (Phi) is 3.19. The summed E-state index contributed by atoms with van der Waals surface area (Å²) >= 11 is 0. The van der Waals surface area contributed by atoms with Crippen molar-refractivity contribution in [3.63, 3.8) is 0 Å². The van der Waals surface area contributed by atoms with E-state index in [0.29, 0.717) is 5.56 Å². The van der Waals surface area contributed by atoms with Crippen molar-refractivity contribution >= 4 is 5.97 Å². The number of carboxylic acid groups (broad SMARTS) is 1. The van der Waals surface area contributed by atoms with E-state index in [0.717, 1.165) is 5.56 Å². The molecule has 0 aromatic heterocycles. The van der Waals surface area contributed by atoms with Gasteiger partial charge in [-0.2, -0.15) is 0 Å². The van der Waals surface area contributed by atoms with Gasteiger partial charge in [0.05, 0.1) is 0 Å². The summed E-state index contributed by atoms with van der Waals surface area (Å²) in [6, 6.07) is 3.29. The highest BCUT2D eigenvalue weighted by atomic mass is 19.1. The zero-order chi connectivity index (χ0) is 10.7. The molecule has 3 nitrogen and oxygen atoms in total. The van der Waals surface area contributed by atoms with Crippen molar-refractivity contribution in [1.82, 2.24) is 0 Å². The molecule has 0 saturated carbocycles. The predicted molar refractivity (Wildman–Crippen MR) is 50.5 cm³/mol. The number of carbonyl (C=O) groups is 1. The van der Waals surface area contributed by atoms with Crippen LogP contribution in [0.25, 0.3) is 0 Å². The van der Waals surface area contributed by atoms with Crippen LogP contribution in [0.3, 0.4) is 0 Å². The van der Waals surface area contributed by atoms with Gasteiger partial charge in [-0.05, 0) is 36.6 Å². The number of aliphatic carboxylic acids is 1.